The molecular formula is C28H27ClN2O5. The lowest BCUT2D eigenvalue weighted by molar-refractivity contribution is -0.116. The highest BCUT2D eigenvalue weighted by atomic mass is 35.5. The van der Waals surface area contributed by atoms with Crippen molar-refractivity contribution in [2.24, 2.45) is 0 Å². The topological polar surface area (TPSA) is 89.1 Å². The van der Waals surface area contributed by atoms with Crippen molar-refractivity contribution in [2.75, 3.05) is 32.0 Å². The van der Waals surface area contributed by atoms with E-state index in [9.17, 15) is 9.90 Å². The molecule has 3 aromatic rings. The van der Waals surface area contributed by atoms with Crippen molar-refractivity contribution in [1.82, 2.24) is 0 Å². The number of anilines is 2. The fraction of sp³-hybridized carbons (Fsp3) is 0.250. The number of carbonyl (C=O) groups excluding carboxylic acids is 1. The van der Waals surface area contributed by atoms with Crippen LogP contribution in [0, 0.1) is 0 Å². The summed E-state index contributed by atoms with van der Waals surface area (Å²) in [4.78, 5) is 13.8. The number of rotatable bonds is 5. The molecule has 0 fully saturated rings. The van der Waals surface area contributed by atoms with Gasteiger partial charge in [-0.05, 0) is 60.4 Å². The molecule has 5 rings (SSSR count). The Morgan fingerprint density at radius 2 is 1.61 bits per heavy atom. The van der Waals surface area contributed by atoms with E-state index in [1.54, 1.807) is 39.5 Å². The standard InChI is InChI=1S/C28H27ClN2O5/c1-34-24-12-16(13-25(35-2)28(24)36-3)15-10-21-26(23(33)11-15)27(18-14-17(29)8-9-22(18)32)31-20-7-5-4-6-19(20)30-21/h4-9,12-15,27,30-32H,10-11H2,1-3H3. The minimum Gasteiger partial charge on any atom is -0.508 e. The van der Waals surface area contributed by atoms with Crippen LogP contribution in [0.3, 0.4) is 0 Å². The second-order valence-corrected chi connectivity index (χ2v) is 9.27. The highest BCUT2D eigenvalue weighted by Crippen LogP contribution is 2.48. The summed E-state index contributed by atoms with van der Waals surface area (Å²) in [5.74, 6) is 1.53. The molecule has 0 spiro atoms. The molecule has 2 aliphatic rings. The van der Waals surface area contributed by atoms with Crippen molar-refractivity contribution in [3.63, 3.8) is 0 Å². The molecule has 7 nitrogen and oxygen atoms in total. The molecule has 0 aromatic heterocycles. The number of hydrogen-bond donors (Lipinski definition) is 3. The fourth-order valence-corrected chi connectivity index (χ4v) is 5.24. The number of halogens is 1. The van der Waals surface area contributed by atoms with Crippen LogP contribution in [0.1, 0.15) is 35.9 Å². The number of ether oxygens (including phenoxy) is 3. The fourth-order valence-electron chi connectivity index (χ4n) is 5.05. The number of Topliss-reactive ketones (excluding diaryl/α,β-unsaturated/α-hetero) is 1. The Morgan fingerprint density at radius 1 is 0.917 bits per heavy atom. The predicted molar refractivity (Wildman–Crippen MR) is 140 cm³/mol. The van der Waals surface area contributed by atoms with E-state index in [4.69, 9.17) is 25.8 Å². The molecule has 2 unspecified atom stereocenters. The number of nitrogens with one attached hydrogen (secondary N) is 2. The number of phenols is 1. The first-order chi connectivity index (χ1) is 17.4. The van der Waals surface area contributed by atoms with Gasteiger partial charge in [0.2, 0.25) is 5.75 Å². The molecule has 0 saturated heterocycles. The second kappa shape index (κ2) is 9.66. The molecule has 2 atom stereocenters. The third-order valence-electron chi connectivity index (χ3n) is 6.77. The lowest BCUT2D eigenvalue weighted by Gasteiger charge is -2.30. The van der Waals surface area contributed by atoms with E-state index < -0.39 is 6.04 Å². The lowest BCUT2D eigenvalue weighted by atomic mass is 9.78. The number of carbonyl (C=O) groups is 1. The second-order valence-electron chi connectivity index (χ2n) is 8.83. The van der Waals surface area contributed by atoms with Gasteiger partial charge in [-0.25, -0.2) is 0 Å². The van der Waals surface area contributed by atoms with Crippen LogP contribution in [-0.4, -0.2) is 32.2 Å². The van der Waals surface area contributed by atoms with Gasteiger partial charge in [-0.2, -0.15) is 0 Å². The van der Waals surface area contributed by atoms with Crippen molar-refractivity contribution >= 4 is 28.8 Å². The summed E-state index contributed by atoms with van der Waals surface area (Å²) in [6.45, 7) is 0. The number of phenolic OH excluding ortho intramolecular Hbond substituents is 1. The van der Waals surface area contributed by atoms with Gasteiger partial charge in [0, 0.05) is 28.3 Å². The number of benzene rings is 3. The van der Waals surface area contributed by atoms with Gasteiger partial charge in [-0.1, -0.05) is 23.7 Å². The minimum absolute atomic E-state index is 0.0211. The first-order valence-corrected chi connectivity index (χ1v) is 12.0. The highest BCUT2D eigenvalue weighted by molar-refractivity contribution is 6.30. The summed E-state index contributed by atoms with van der Waals surface area (Å²) >= 11 is 6.28. The lowest BCUT2D eigenvalue weighted by Crippen LogP contribution is -2.27. The van der Waals surface area contributed by atoms with E-state index in [0.717, 1.165) is 22.6 Å². The minimum atomic E-state index is -0.566. The molecule has 1 heterocycles. The molecule has 0 bridgehead atoms. The number of aromatic hydroxyl groups is 1. The molecule has 36 heavy (non-hydrogen) atoms. The monoisotopic (exact) mass is 506 g/mol. The number of allylic oxidation sites excluding steroid dienone is 1. The quantitative estimate of drug-likeness (QED) is 0.388. The molecule has 3 aromatic carbocycles. The van der Waals surface area contributed by atoms with Gasteiger partial charge in [0.05, 0.1) is 38.7 Å². The van der Waals surface area contributed by atoms with E-state index in [0.29, 0.717) is 39.8 Å². The SMILES string of the molecule is COc1cc(C2CC(=O)C3=C(C2)Nc2ccccc2NC3c2cc(Cl)ccc2O)cc(OC)c1OC. The number of ketones is 1. The Bertz CT molecular complexity index is 1340. The Labute approximate surface area is 214 Å². The van der Waals surface area contributed by atoms with Crippen LogP contribution in [0.5, 0.6) is 23.0 Å². The van der Waals surface area contributed by atoms with E-state index in [-0.39, 0.29) is 23.9 Å². The summed E-state index contributed by atoms with van der Waals surface area (Å²) in [5, 5.41) is 18.2. The number of para-hydroxylation sites is 2. The van der Waals surface area contributed by atoms with Crippen molar-refractivity contribution in [3.8, 4) is 23.0 Å². The van der Waals surface area contributed by atoms with Crippen molar-refractivity contribution in [2.45, 2.75) is 24.8 Å². The van der Waals surface area contributed by atoms with E-state index >= 15 is 0 Å². The zero-order chi connectivity index (χ0) is 25.4. The van der Waals surface area contributed by atoms with Crippen LogP contribution >= 0.6 is 11.6 Å². The molecule has 3 N–H and O–H groups in total. The average Bonchev–Trinajstić information content (AvgIpc) is 3.06. The first-order valence-electron chi connectivity index (χ1n) is 11.6. The molecule has 0 amide bonds. The summed E-state index contributed by atoms with van der Waals surface area (Å²) in [6.07, 6.45) is 0.864. The van der Waals surface area contributed by atoms with Gasteiger partial charge in [-0.15, -0.1) is 0 Å². The van der Waals surface area contributed by atoms with Crippen molar-refractivity contribution in [3.05, 3.63) is 82.0 Å². The van der Waals surface area contributed by atoms with Gasteiger partial charge in [0.15, 0.2) is 17.3 Å². The number of hydrogen-bond acceptors (Lipinski definition) is 7. The van der Waals surface area contributed by atoms with Crippen LogP contribution in [0.2, 0.25) is 5.02 Å². The van der Waals surface area contributed by atoms with Gasteiger partial charge in [0.1, 0.15) is 5.75 Å². The average molecular weight is 507 g/mol. The van der Waals surface area contributed by atoms with Gasteiger partial charge >= 0.3 is 0 Å². The zero-order valence-electron chi connectivity index (χ0n) is 20.2. The molecular weight excluding hydrogens is 480 g/mol. The maximum absolute atomic E-state index is 13.8. The summed E-state index contributed by atoms with van der Waals surface area (Å²) < 4.78 is 16.5. The molecule has 1 aliphatic heterocycles. The van der Waals surface area contributed by atoms with Crippen LogP contribution < -0.4 is 24.8 Å². The largest absolute Gasteiger partial charge is 0.508 e. The van der Waals surface area contributed by atoms with Crippen LogP contribution in [-0.2, 0) is 4.79 Å². The summed E-state index contributed by atoms with van der Waals surface area (Å²) in [7, 11) is 4.71. The normalized spacial score (nSPS) is 18.8. The van der Waals surface area contributed by atoms with Crippen LogP contribution in [0.15, 0.2) is 65.9 Å². The van der Waals surface area contributed by atoms with Gasteiger partial charge in [-0.3, -0.25) is 4.79 Å². The Kier molecular flexibility index (Phi) is 6.41. The van der Waals surface area contributed by atoms with Crippen molar-refractivity contribution < 1.29 is 24.1 Å². The van der Waals surface area contributed by atoms with E-state index in [1.165, 1.54) is 0 Å². The van der Waals surface area contributed by atoms with Crippen molar-refractivity contribution in [1.29, 1.82) is 0 Å². The third kappa shape index (κ3) is 4.20. The maximum atomic E-state index is 13.8. The predicted octanol–water partition coefficient (Wildman–Crippen LogP) is 6.05. The maximum Gasteiger partial charge on any atom is 0.203 e. The first kappa shape index (κ1) is 23.9. The van der Waals surface area contributed by atoms with Gasteiger partial charge < -0.3 is 30.0 Å². The van der Waals surface area contributed by atoms with E-state index in [1.807, 2.05) is 36.4 Å². The third-order valence-corrected chi connectivity index (χ3v) is 7.00. The number of fused-ring (bicyclic) bond motifs is 1. The Balaban J connectivity index is 1.62. The molecule has 0 saturated carbocycles. The number of methoxy groups -OCH3 is 3. The Hall–Kier alpha value is -3.84. The van der Waals surface area contributed by atoms with Crippen LogP contribution in [0.4, 0.5) is 11.4 Å². The van der Waals surface area contributed by atoms with Gasteiger partial charge in [0.25, 0.3) is 0 Å². The molecule has 8 heteroatoms. The highest BCUT2D eigenvalue weighted by Gasteiger charge is 2.37. The summed E-state index contributed by atoms with van der Waals surface area (Å²) in [5.41, 5.74) is 4.53. The Morgan fingerprint density at radius 3 is 2.28 bits per heavy atom. The molecule has 186 valence electrons. The summed E-state index contributed by atoms with van der Waals surface area (Å²) in [6, 6.07) is 15.9. The molecule has 1 aliphatic carbocycles. The molecule has 0 radical (unpaired) electrons. The zero-order valence-corrected chi connectivity index (χ0v) is 21.0. The van der Waals surface area contributed by atoms with Crippen LogP contribution in [0.25, 0.3) is 0 Å². The smallest absolute Gasteiger partial charge is 0.203 e. The van der Waals surface area contributed by atoms with E-state index in [2.05, 4.69) is 10.6 Å².